The number of nitriles is 1. The van der Waals surface area contributed by atoms with E-state index in [0.717, 1.165) is 48.7 Å². The quantitative estimate of drug-likeness (QED) is 0.667. The van der Waals surface area contributed by atoms with Gasteiger partial charge >= 0.3 is 0 Å². The Kier molecular flexibility index (Phi) is 6.03. The molecule has 0 saturated carbocycles. The minimum Gasteiger partial charge on any atom is -0.376 e. The van der Waals surface area contributed by atoms with Gasteiger partial charge in [-0.05, 0) is 42.7 Å². The summed E-state index contributed by atoms with van der Waals surface area (Å²) in [4.78, 5) is 14.7. The molecule has 0 spiro atoms. The van der Waals surface area contributed by atoms with E-state index < -0.39 is 0 Å². The van der Waals surface area contributed by atoms with E-state index >= 15 is 0 Å². The van der Waals surface area contributed by atoms with Crippen molar-refractivity contribution in [3.8, 4) is 6.07 Å². The van der Waals surface area contributed by atoms with Crippen LogP contribution in [0.25, 0.3) is 0 Å². The highest BCUT2D eigenvalue weighted by Crippen LogP contribution is 2.28. The molecule has 0 aliphatic carbocycles. The van der Waals surface area contributed by atoms with Gasteiger partial charge in [0.25, 0.3) is 5.91 Å². The molecule has 0 atom stereocenters. The summed E-state index contributed by atoms with van der Waals surface area (Å²) in [5, 5.41) is 12.4. The van der Waals surface area contributed by atoms with E-state index in [0.29, 0.717) is 5.92 Å². The Hall–Kier alpha value is -2.28. The van der Waals surface area contributed by atoms with Crippen molar-refractivity contribution in [1.82, 2.24) is 4.90 Å². The van der Waals surface area contributed by atoms with Gasteiger partial charge in [-0.2, -0.15) is 5.26 Å². The Balaban J connectivity index is 2.18. The highest BCUT2D eigenvalue weighted by Gasteiger charge is 2.18. The number of carbonyl (C=O) groups is 1. The first-order valence-corrected chi connectivity index (χ1v) is 8.69. The number of nitrogens with zero attached hydrogens (tertiary/aromatic N) is 2. The third kappa shape index (κ3) is 4.38. The molecule has 1 aliphatic heterocycles. The Morgan fingerprint density at radius 3 is 2.62 bits per heavy atom. The van der Waals surface area contributed by atoms with Crippen molar-refractivity contribution in [1.29, 1.82) is 5.26 Å². The lowest BCUT2D eigenvalue weighted by molar-refractivity contribution is -0.112. The number of amides is 1. The van der Waals surface area contributed by atoms with Crippen LogP contribution in [0.3, 0.4) is 0 Å². The van der Waals surface area contributed by atoms with Crippen LogP contribution in [0.1, 0.15) is 50.7 Å². The molecule has 2 rings (SSSR count). The smallest absolute Gasteiger partial charge is 0.267 e. The van der Waals surface area contributed by atoms with Crippen molar-refractivity contribution >= 4 is 11.6 Å². The second-order valence-electron chi connectivity index (χ2n) is 7.02. The summed E-state index contributed by atoms with van der Waals surface area (Å²) in [5.74, 6) is 0.695. The maximum atomic E-state index is 12.6. The van der Waals surface area contributed by atoms with Crippen LogP contribution < -0.4 is 5.32 Å². The highest BCUT2D eigenvalue weighted by atomic mass is 16.1. The standard InChI is InChI=1S/C20H27N3O/c1-14(2)18-7-5-6-16(4)19(18)22-20(24)17(12-21)13-23-10-8-15(3)9-11-23/h5-7,13-15H,8-11H2,1-4H3,(H,22,24)/b17-13-. The van der Waals surface area contributed by atoms with Gasteiger partial charge in [0, 0.05) is 25.0 Å². The minimum atomic E-state index is -0.327. The van der Waals surface area contributed by atoms with Crippen molar-refractivity contribution in [3.63, 3.8) is 0 Å². The van der Waals surface area contributed by atoms with E-state index in [4.69, 9.17) is 0 Å². The van der Waals surface area contributed by atoms with Gasteiger partial charge < -0.3 is 10.2 Å². The van der Waals surface area contributed by atoms with Gasteiger partial charge in [0.05, 0.1) is 0 Å². The first kappa shape index (κ1) is 18.1. The molecule has 1 amide bonds. The van der Waals surface area contributed by atoms with E-state index in [9.17, 15) is 10.1 Å². The zero-order valence-electron chi connectivity index (χ0n) is 15.1. The lowest BCUT2D eigenvalue weighted by Crippen LogP contribution is -2.30. The van der Waals surface area contributed by atoms with Gasteiger partial charge in [0.15, 0.2) is 0 Å². The molecule has 1 fully saturated rings. The maximum Gasteiger partial charge on any atom is 0.267 e. The Bertz CT molecular complexity index is 662. The van der Waals surface area contributed by atoms with E-state index in [1.165, 1.54) is 0 Å². The summed E-state index contributed by atoms with van der Waals surface area (Å²) in [6, 6.07) is 8.05. The van der Waals surface area contributed by atoms with Gasteiger partial charge in [0.1, 0.15) is 11.6 Å². The number of carbonyl (C=O) groups excluding carboxylic acids is 1. The van der Waals surface area contributed by atoms with Crippen LogP contribution in [-0.4, -0.2) is 23.9 Å². The average Bonchev–Trinajstić information content (AvgIpc) is 2.55. The van der Waals surface area contributed by atoms with Crippen LogP contribution in [0.2, 0.25) is 0 Å². The van der Waals surface area contributed by atoms with Crippen molar-refractivity contribution in [2.24, 2.45) is 5.92 Å². The molecule has 0 radical (unpaired) electrons. The third-order valence-electron chi connectivity index (χ3n) is 4.66. The maximum absolute atomic E-state index is 12.6. The fourth-order valence-electron chi connectivity index (χ4n) is 3.00. The largest absolute Gasteiger partial charge is 0.376 e. The molecule has 1 heterocycles. The summed E-state index contributed by atoms with van der Waals surface area (Å²) in [6.07, 6.45) is 3.92. The topological polar surface area (TPSA) is 56.1 Å². The summed E-state index contributed by atoms with van der Waals surface area (Å²) < 4.78 is 0. The number of aryl methyl sites for hydroxylation is 1. The normalized spacial score (nSPS) is 16.2. The molecule has 1 aromatic carbocycles. The fourth-order valence-corrected chi connectivity index (χ4v) is 3.00. The van der Waals surface area contributed by atoms with Gasteiger partial charge in [-0.1, -0.05) is 39.0 Å². The summed E-state index contributed by atoms with van der Waals surface area (Å²) in [5.41, 5.74) is 3.10. The molecular weight excluding hydrogens is 298 g/mol. The third-order valence-corrected chi connectivity index (χ3v) is 4.66. The second kappa shape index (κ2) is 8.01. The van der Waals surface area contributed by atoms with Gasteiger partial charge in [-0.3, -0.25) is 4.79 Å². The van der Waals surface area contributed by atoms with Crippen molar-refractivity contribution < 1.29 is 4.79 Å². The zero-order valence-corrected chi connectivity index (χ0v) is 15.1. The van der Waals surface area contributed by atoms with E-state index in [1.807, 2.05) is 25.1 Å². The molecule has 0 unspecified atom stereocenters. The SMILES string of the molecule is Cc1cccc(C(C)C)c1NC(=O)/C(C#N)=C\N1CCC(C)CC1. The Labute approximate surface area is 145 Å². The first-order valence-electron chi connectivity index (χ1n) is 8.69. The number of anilines is 1. The van der Waals surface area contributed by atoms with Crippen LogP contribution in [0, 0.1) is 24.2 Å². The van der Waals surface area contributed by atoms with Crippen molar-refractivity contribution in [2.75, 3.05) is 18.4 Å². The molecule has 0 bridgehead atoms. The summed E-state index contributed by atoms with van der Waals surface area (Å²) >= 11 is 0. The van der Waals surface area contributed by atoms with Crippen LogP contribution in [0.15, 0.2) is 30.0 Å². The molecule has 1 aromatic rings. The first-order chi connectivity index (χ1) is 11.4. The predicted molar refractivity (Wildman–Crippen MR) is 97.6 cm³/mol. The minimum absolute atomic E-state index is 0.169. The van der Waals surface area contributed by atoms with Crippen LogP contribution >= 0.6 is 0 Å². The summed E-state index contributed by atoms with van der Waals surface area (Å²) in [7, 11) is 0. The van der Waals surface area contributed by atoms with E-state index in [1.54, 1.807) is 6.20 Å². The lowest BCUT2D eigenvalue weighted by atomic mass is 9.98. The number of hydrogen-bond acceptors (Lipinski definition) is 3. The monoisotopic (exact) mass is 325 g/mol. The lowest BCUT2D eigenvalue weighted by Gasteiger charge is -2.29. The van der Waals surface area contributed by atoms with Gasteiger partial charge in [0.2, 0.25) is 0 Å². The van der Waals surface area contributed by atoms with Gasteiger partial charge in [-0.25, -0.2) is 0 Å². The molecule has 1 saturated heterocycles. The molecule has 4 heteroatoms. The number of nitrogens with one attached hydrogen (secondary N) is 1. The molecule has 1 N–H and O–H groups in total. The van der Waals surface area contributed by atoms with Crippen molar-refractivity contribution in [2.45, 2.75) is 46.5 Å². The second-order valence-corrected chi connectivity index (χ2v) is 7.02. The van der Waals surface area contributed by atoms with Crippen molar-refractivity contribution in [3.05, 3.63) is 41.1 Å². The Morgan fingerprint density at radius 1 is 1.38 bits per heavy atom. The zero-order chi connectivity index (χ0) is 17.7. The molecule has 1 aliphatic rings. The van der Waals surface area contributed by atoms with E-state index in [2.05, 4.69) is 37.1 Å². The number of piperidine rings is 1. The fraction of sp³-hybridized carbons (Fsp3) is 0.500. The predicted octanol–water partition coefficient (Wildman–Crippen LogP) is 4.20. The summed E-state index contributed by atoms with van der Waals surface area (Å²) in [6.45, 7) is 10.2. The van der Waals surface area contributed by atoms with E-state index in [-0.39, 0.29) is 11.5 Å². The molecular formula is C20H27N3O. The molecule has 128 valence electrons. The number of likely N-dealkylation sites (tertiary alicyclic amines) is 1. The molecule has 24 heavy (non-hydrogen) atoms. The van der Waals surface area contributed by atoms with Crippen LogP contribution in [0.5, 0.6) is 0 Å². The molecule has 0 aromatic heterocycles. The number of benzene rings is 1. The highest BCUT2D eigenvalue weighted by molar-refractivity contribution is 6.07. The average molecular weight is 325 g/mol. The number of rotatable bonds is 4. The van der Waals surface area contributed by atoms with Crippen LogP contribution in [0.4, 0.5) is 5.69 Å². The van der Waals surface area contributed by atoms with Gasteiger partial charge in [-0.15, -0.1) is 0 Å². The number of hydrogen-bond donors (Lipinski definition) is 1. The molecule has 4 nitrogen and oxygen atoms in total. The number of para-hydroxylation sites is 1. The van der Waals surface area contributed by atoms with Crippen LogP contribution in [-0.2, 0) is 4.79 Å². The Morgan fingerprint density at radius 2 is 2.04 bits per heavy atom.